The number of fused-ring (bicyclic) bond motifs is 7. The lowest BCUT2D eigenvalue weighted by Crippen LogP contribution is -2.73. The number of carbonyl (C=O) groups excluding carboxylic acids is 1. The zero-order valence-corrected chi connectivity index (χ0v) is 25.7. The molecule has 1 aromatic carbocycles. The molecule has 0 saturated heterocycles. The summed E-state index contributed by atoms with van der Waals surface area (Å²) in [5, 5.41) is 33.0. The van der Waals surface area contributed by atoms with Gasteiger partial charge in [0, 0.05) is 11.3 Å². The summed E-state index contributed by atoms with van der Waals surface area (Å²) in [4.78, 5) is 13.7. The number of aromatic hydroxyl groups is 1. The van der Waals surface area contributed by atoms with E-state index in [1.807, 2.05) is 0 Å². The molecule has 0 amide bonds. The van der Waals surface area contributed by atoms with Crippen LogP contribution in [0.15, 0.2) is 48.6 Å². The third-order valence-corrected chi connectivity index (χ3v) is 14.1. The third kappa shape index (κ3) is 3.76. The normalized spacial score (nSPS) is 48.8. The molecule has 5 nitrogen and oxygen atoms in total. The molecule has 0 heterocycles. The number of esters is 1. The lowest BCUT2D eigenvalue weighted by Gasteiger charge is -2.74. The van der Waals surface area contributed by atoms with Gasteiger partial charge in [-0.3, -0.25) is 0 Å². The number of aliphatic hydroxyl groups is 2. The van der Waals surface area contributed by atoms with Crippen LogP contribution in [-0.4, -0.2) is 39.6 Å². The molecule has 41 heavy (non-hydrogen) atoms. The smallest absolute Gasteiger partial charge is 0.338 e. The lowest BCUT2D eigenvalue weighted by molar-refractivity contribution is -0.291. The van der Waals surface area contributed by atoms with Crippen molar-refractivity contribution in [1.82, 2.24) is 0 Å². The van der Waals surface area contributed by atoms with E-state index >= 15 is 0 Å². The molecule has 0 spiro atoms. The number of hydrogen-bond donors (Lipinski definition) is 3. The molecule has 5 fully saturated rings. The number of aliphatic hydroxyl groups excluding tert-OH is 2. The molecule has 224 valence electrons. The standard InChI is InChI=1S/C36H50O5/c1-20(2)24-14-17-33(4)25(24)15-19-35(6)27(33)12-13-28-34(5)18-16-26(38)21(3)29(34)30(39)31(36(28,35)7)41-32(40)22-8-10-23(37)11-9-22/h8-11,24-31,37-39H,1,3,12-19H2,2,4-7H3/t24-,25-,26-,27+,28+,29+,30-,31-,33-,34+,35+,36-/m0/s1. The number of phenols is 1. The highest BCUT2D eigenvalue weighted by atomic mass is 16.6. The third-order valence-electron chi connectivity index (χ3n) is 14.1. The van der Waals surface area contributed by atoms with Crippen molar-refractivity contribution < 1.29 is 24.9 Å². The van der Waals surface area contributed by atoms with Gasteiger partial charge in [0.15, 0.2) is 0 Å². The molecule has 1 aromatic rings. The number of phenolic OH excluding ortho intramolecular Hbond substituents is 1. The summed E-state index contributed by atoms with van der Waals surface area (Å²) in [7, 11) is 0. The molecule has 0 bridgehead atoms. The van der Waals surface area contributed by atoms with Gasteiger partial charge in [-0.1, -0.05) is 46.4 Å². The summed E-state index contributed by atoms with van der Waals surface area (Å²) in [5.41, 5.74) is 1.69. The molecule has 5 aliphatic rings. The van der Waals surface area contributed by atoms with Crippen molar-refractivity contribution in [3.05, 3.63) is 54.1 Å². The summed E-state index contributed by atoms with van der Waals surface area (Å²) in [6, 6.07) is 6.14. The molecule has 12 atom stereocenters. The number of allylic oxidation sites excluding steroid dienone is 1. The van der Waals surface area contributed by atoms with Crippen LogP contribution in [0.5, 0.6) is 5.75 Å². The highest BCUT2D eigenvalue weighted by Gasteiger charge is 2.75. The summed E-state index contributed by atoms with van der Waals surface area (Å²) in [6.45, 7) is 20.5. The Balaban J connectivity index is 1.47. The van der Waals surface area contributed by atoms with Gasteiger partial charge in [-0.15, -0.1) is 0 Å². The second-order valence-corrected chi connectivity index (χ2v) is 15.5. The van der Waals surface area contributed by atoms with E-state index in [1.54, 1.807) is 12.1 Å². The monoisotopic (exact) mass is 562 g/mol. The maximum absolute atomic E-state index is 13.7. The Morgan fingerprint density at radius 2 is 1.54 bits per heavy atom. The van der Waals surface area contributed by atoms with Crippen molar-refractivity contribution in [1.29, 1.82) is 0 Å². The highest BCUT2D eigenvalue weighted by molar-refractivity contribution is 5.89. The molecule has 5 heteroatoms. The molecule has 5 aliphatic carbocycles. The van der Waals surface area contributed by atoms with E-state index in [2.05, 4.69) is 47.8 Å². The molecule has 0 aromatic heterocycles. The average molecular weight is 563 g/mol. The van der Waals surface area contributed by atoms with Crippen molar-refractivity contribution in [3.63, 3.8) is 0 Å². The van der Waals surface area contributed by atoms with E-state index in [-0.39, 0.29) is 33.8 Å². The minimum absolute atomic E-state index is 0.0896. The molecule has 0 unspecified atom stereocenters. The van der Waals surface area contributed by atoms with Crippen molar-refractivity contribution in [3.8, 4) is 5.75 Å². The van der Waals surface area contributed by atoms with Crippen molar-refractivity contribution >= 4 is 5.97 Å². The van der Waals surface area contributed by atoms with Crippen LogP contribution in [0.1, 0.15) is 96.3 Å². The van der Waals surface area contributed by atoms with Crippen LogP contribution in [0, 0.1) is 51.2 Å². The molecule has 0 radical (unpaired) electrons. The maximum atomic E-state index is 13.7. The first kappa shape index (κ1) is 29.0. The Labute approximate surface area is 246 Å². The average Bonchev–Trinajstić information content (AvgIpc) is 3.27. The molecule has 5 saturated carbocycles. The minimum atomic E-state index is -0.961. The first-order chi connectivity index (χ1) is 19.2. The number of carbonyl (C=O) groups is 1. The van der Waals surface area contributed by atoms with Gasteiger partial charge >= 0.3 is 5.97 Å². The van der Waals surface area contributed by atoms with Crippen LogP contribution >= 0.6 is 0 Å². The topological polar surface area (TPSA) is 87.0 Å². The molecule has 0 aliphatic heterocycles. The fraction of sp³-hybridized carbons (Fsp3) is 0.694. The maximum Gasteiger partial charge on any atom is 0.338 e. The Hall–Kier alpha value is -2.11. The number of ether oxygens (including phenoxy) is 1. The van der Waals surface area contributed by atoms with Crippen LogP contribution in [0.2, 0.25) is 0 Å². The highest BCUT2D eigenvalue weighted by Crippen LogP contribution is 2.77. The van der Waals surface area contributed by atoms with E-state index in [0.29, 0.717) is 35.3 Å². The van der Waals surface area contributed by atoms with Gasteiger partial charge in [-0.05, 0) is 128 Å². The van der Waals surface area contributed by atoms with Crippen LogP contribution in [0.25, 0.3) is 0 Å². The largest absolute Gasteiger partial charge is 0.508 e. The summed E-state index contributed by atoms with van der Waals surface area (Å²) < 4.78 is 6.49. The van der Waals surface area contributed by atoms with Crippen molar-refractivity contribution in [2.24, 2.45) is 51.2 Å². The van der Waals surface area contributed by atoms with Gasteiger partial charge in [0.05, 0.1) is 17.8 Å². The lowest BCUT2D eigenvalue weighted by atomic mass is 9.32. The van der Waals surface area contributed by atoms with Crippen LogP contribution in [0.4, 0.5) is 0 Å². The van der Waals surface area contributed by atoms with E-state index < -0.39 is 29.7 Å². The van der Waals surface area contributed by atoms with Gasteiger partial charge < -0.3 is 20.1 Å². The van der Waals surface area contributed by atoms with Gasteiger partial charge in [-0.25, -0.2) is 4.79 Å². The van der Waals surface area contributed by atoms with E-state index in [1.165, 1.54) is 30.5 Å². The van der Waals surface area contributed by atoms with E-state index in [9.17, 15) is 20.1 Å². The van der Waals surface area contributed by atoms with E-state index in [4.69, 9.17) is 4.74 Å². The van der Waals surface area contributed by atoms with E-state index in [0.717, 1.165) is 32.1 Å². The minimum Gasteiger partial charge on any atom is -0.508 e. The number of rotatable bonds is 3. The van der Waals surface area contributed by atoms with Crippen molar-refractivity contribution in [2.75, 3.05) is 0 Å². The van der Waals surface area contributed by atoms with Gasteiger partial charge in [0.25, 0.3) is 0 Å². The van der Waals surface area contributed by atoms with Gasteiger partial charge in [-0.2, -0.15) is 0 Å². The fourth-order valence-corrected chi connectivity index (χ4v) is 12.0. The van der Waals surface area contributed by atoms with Gasteiger partial charge in [0.1, 0.15) is 11.9 Å². The molecule has 6 rings (SSSR count). The quantitative estimate of drug-likeness (QED) is 0.271. The first-order valence-electron chi connectivity index (χ1n) is 15.9. The zero-order valence-electron chi connectivity index (χ0n) is 25.7. The predicted molar refractivity (Wildman–Crippen MR) is 160 cm³/mol. The summed E-state index contributed by atoms with van der Waals surface area (Å²) in [5.74, 6) is 1.13. The Bertz CT molecular complexity index is 1250. The Kier molecular flexibility index (Phi) is 6.68. The Morgan fingerprint density at radius 1 is 0.902 bits per heavy atom. The zero-order chi connectivity index (χ0) is 29.7. The second-order valence-electron chi connectivity index (χ2n) is 15.5. The second kappa shape index (κ2) is 9.44. The molecular formula is C36H50O5. The number of hydrogen-bond acceptors (Lipinski definition) is 5. The van der Waals surface area contributed by atoms with Gasteiger partial charge in [0.2, 0.25) is 0 Å². The van der Waals surface area contributed by atoms with Crippen LogP contribution in [-0.2, 0) is 4.74 Å². The SMILES string of the molecule is C=C1[C@@H]2[C@H](O)[C@H](OC(=O)c3ccc(O)cc3)[C@]3(C)[C@H](CC[C@@H]4[C@@]5(C)CC[C@@H](C(=C)C)[C@@H]5CC[C@]43C)[C@@]2(C)CC[C@@H]1O. The van der Waals surface area contributed by atoms with Crippen LogP contribution in [0.3, 0.4) is 0 Å². The summed E-state index contributed by atoms with van der Waals surface area (Å²) >= 11 is 0. The molecule has 3 N–H and O–H groups in total. The predicted octanol–water partition coefficient (Wildman–Crippen LogP) is 7.07. The Morgan fingerprint density at radius 3 is 2.20 bits per heavy atom. The molecular weight excluding hydrogens is 512 g/mol. The number of benzene rings is 1. The first-order valence-corrected chi connectivity index (χ1v) is 15.9. The summed E-state index contributed by atoms with van der Waals surface area (Å²) in [6.07, 6.45) is 5.85. The fourth-order valence-electron chi connectivity index (χ4n) is 12.0. The van der Waals surface area contributed by atoms with Crippen LogP contribution < -0.4 is 0 Å². The van der Waals surface area contributed by atoms with Crippen molar-refractivity contribution in [2.45, 2.75) is 104 Å².